The molecular weight excluding hydrogens is 424 g/mol. The Hall–Kier alpha value is -4.71. The van der Waals surface area contributed by atoms with E-state index in [0.717, 1.165) is 33.8 Å². The van der Waals surface area contributed by atoms with E-state index in [1.54, 1.807) is 30.3 Å². The minimum atomic E-state index is 0.279. The summed E-state index contributed by atoms with van der Waals surface area (Å²) in [7, 11) is 1.86. The number of aromatic nitrogens is 2. The van der Waals surface area contributed by atoms with Crippen molar-refractivity contribution in [2.24, 2.45) is 0 Å². The highest BCUT2D eigenvalue weighted by Gasteiger charge is 2.11. The molecule has 2 aromatic carbocycles. The van der Waals surface area contributed by atoms with Gasteiger partial charge < -0.3 is 10.6 Å². The van der Waals surface area contributed by atoms with Crippen LogP contribution in [0.5, 0.6) is 0 Å². The molecule has 2 N–H and O–H groups in total. The summed E-state index contributed by atoms with van der Waals surface area (Å²) in [5.41, 5.74) is 5.98. The highest BCUT2D eigenvalue weighted by molar-refractivity contribution is 5.69. The number of allylic oxidation sites excluding steroid dienone is 1. The number of benzene rings is 2. The number of anilines is 4. The second-order valence-corrected chi connectivity index (χ2v) is 7.83. The molecule has 0 atom stereocenters. The van der Waals surface area contributed by atoms with Crippen LogP contribution in [0.25, 0.3) is 6.08 Å². The maximum Gasteiger partial charge on any atom is 0.229 e. The minimum Gasteiger partial charge on any atom is -0.340 e. The number of nitrogens with zero attached hydrogens (tertiary/aromatic N) is 6. The first kappa shape index (κ1) is 23.9. The zero-order valence-electron chi connectivity index (χ0n) is 19.3. The molecule has 168 valence electrons. The Kier molecular flexibility index (Phi) is 7.92. The van der Waals surface area contributed by atoms with Crippen molar-refractivity contribution in [1.82, 2.24) is 14.9 Å². The summed E-state index contributed by atoms with van der Waals surface area (Å²) in [6.07, 6.45) is 3.23. The van der Waals surface area contributed by atoms with Gasteiger partial charge in [0, 0.05) is 30.1 Å². The predicted molar refractivity (Wildman–Crippen MR) is 132 cm³/mol. The van der Waals surface area contributed by atoms with Crippen LogP contribution in [-0.4, -0.2) is 28.5 Å². The third-order valence-electron chi connectivity index (χ3n) is 4.98. The molecule has 0 aliphatic heterocycles. The third kappa shape index (κ3) is 6.40. The second kappa shape index (κ2) is 11.2. The average molecular weight is 449 g/mol. The Bertz CT molecular complexity index is 1300. The van der Waals surface area contributed by atoms with Gasteiger partial charge in [0.05, 0.1) is 36.0 Å². The Balaban J connectivity index is 1.94. The molecule has 0 spiro atoms. The first-order chi connectivity index (χ1) is 16.4. The molecule has 0 saturated carbocycles. The van der Waals surface area contributed by atoms with Crippen molar-refractivity contribution >= 4 is 29.2 Å². The summed E-state index contributed by atoms with van der Waals surface area (Å²) in [6, 6.07) is 19.2. The molecule has 0 amide bonds. The summed E-state index contributed by atoms with van der Waals surface area (Å²) < 4.78 is 0. The van der Waals surface area contributed by atoms with E-state index in [-0.39, 0.29) is 6.54 Å². The van der Waals surface area contributed by atoms with Crippen molar-refractivity contribution in [3.63, 3.8) is 0 Å². The zero-order valence-corrected chi connectivity index (χ0v) is 19.3. The average Bonchev–Trinajstić information content (AvgIpc) is 2.80. The van der Waals surface area contributed by atoms with Gasteiger partial charge in [-0.15, -0.1) is 0 Å². The van der Waals surface area contributed by atoms with Crippen molar-refractivity contribution in [3.05, 3.63) is 76.5 Å². The zero-order chi connectivity index (χ0) is 24.5. The number of hydrogen-bond acceptors (Lipinski definition) is 8. The van der Waals surface area contributed by atoms with Gasteiger partial charge in [-0.1, -0.05) is 0 Å². The largest absolute Gasteiger partial charge is 0.340 e. The van der Waals surface area contributed by atoms with Gasteiger partial charge in [0.15, 0.2) is 0 Å². The molecule has 8 heteroatoms. The van der Waals surface area contributed by atoms with Gasteiger partial charge in [-0.2, -0.15) is 20.8 Å². The van der Waals surface area contributed by atoms with Crippen molar-refractivity contribution < 1.29 is 0 Å². The lowest BCUT2D eigenvalue weighted by Crippen LogP contribution is -2.19. The van der Waals surface area contributed by atoms with Crippen molar-refractivity contribution in [2.75, 3.05) is 24.2 Å². The van der Waals surface area contributed by atoms with Crippen LogP contribution in [-0.2, 0) is 6.54 Å². The Morgan fingerprint density at radius 3 is 2.29 bits per heavy atom. The lowest BCUT2D eigenvalue weighted by molar-refractivity contribution is 0.362. The monoisotopic (exact) mass is 448 g/mol. The van der Waals surface area contributed by atoms with Gasteiger partial charge in [0.25, 0.3) is 0 Å². The van der Waals surface area contributed by atoms with Gasteiger partial charge in [-0.3, -0.25) is 4.90 Å². The van der Waals surface area contributed by atoms with Crippen LogP contribution in [0.15, 0.2) is 48.5 Å². The molecule has 8 nitrogen and oxygen atoms in total. The molecule has 1 aromatic heterocycles. The molecule has 0 saturated heterocycles. The number of nitriles is 3. The van der Waals surface area contributed by atoms with E-state index >= 15 is 0 Å². The van der Waals surface area contributed by atoms with Crippen LogP contribution in [0.2, 0.25) is 0 Å². The molecule has 0 fully saturated rings. The number of rotatable bonds is 8. The van der Waals surface area contributed by atoms with E-state index in [9.17, 15) is 0 Å². The number of nitrogens with one attached hydrogen (secondary N) is 2. The summed E-state index contributed by atoms with van der Waals surface area (Å²) >= 11 is 0. The minimum absolute atomic E-state index is 0.279. The molecule has 0 aliphatic carbocycles. The van der Waals surface area contributed by atoms with Crippen LogP contribution in [0.1, 0.15) is 27.9 Å². The standard InChI is InChI=1S/C26H24N8/c1-18-13-21(5-4-10-27)14-19(2)25(18)32-24-15-23(17-34(3)12-11-28)31-26(33-24)30-22-8-6-20(16-29)7-9-22/h4-9,13-15H,12,17H2,1-3H3,(H2,30,31,32,33)/b5-4+. The Labute approximate surface area is 199 Å². The third-order valence-corrected chi connectivity index (χ3v) is 4.98. The fourth-order valence-corrected chi connectivity index (χ4v) is 3.46. The molecule has 34 heavy (non-hydrogen) atoms. The molecule has 0 bridgehead atoms. The molecular formula is C26H24N8. The first-order valence-corrected chi connectivity index (χ1v) is 10.6. The summed E-state index contributed by atoms with van der Waals surface area (Å²) in [5, 5.41) is 33.4. The Morgan fingerprint density at radius 1 is 0.971 bits per heavy atom. The first-order valence-electron chi connectivity index (χ1n) is 10.6. The van der Waals surface area contributed by atoms with Crippen LogP contribution >= 0.6 is 0 Å². The van der Waals surface area contributed by atoms with Gasteiger partial charge in [-0.25, -0.2) is 4.98 Å². The number of hydrogen-bond donors (Lipinski definition) is 2. The van der Waals surface area contributed by atoms with E-state index in [1.165, 1.54) is 6.08 Å². The lowest BCUT2D eigenvalue weighted by Gasteiger charge is -2.17. The molecule has 0 aliphatic rings. The highest BCUT2D eigenvalue weighted by atomic mass is 15.2. The maximum absolute atomic E-state index is 9.01. The smallest absolute Gasteiger partial charge is 0.229 e. The summed E-state index contributed by atoms with van der Waals surface area (Å²) in [5.74, 6) is 1.01. The van der Waals surface area contributed by atoms with Gasteiger partial charge in [-0.05, 0) is 80.1 Å². The van der Waals surface area contributed by atoms with E-state index in [1.807, 2.05) is 50.1 Å². The van der Waals surface area contributed by atoms with Gasteiger partial charge >= 0.3 is 0 Å². The van der Waals surface area contributed by atoms with Crippen LogP contribution in [0.4, 0.5) is 23.1 Å². The predicted octanol–water partition coefficient (Wildman–Crippen LogP) is 4.94. The van der Waals surface area contributed by atoms with Crippen LogP contribution in [0, 0.1) is 47.8 Å². The van der Waals surface area contributed by atoms with Crippen molar-refractivity contribution in [3.8, 4) is 18.2 Å². The Morgan fingerprint density at radius 2 is 1.68 bits per heavy atom. The van der Waals surface area contributed by atoms with Crippen molar-refractivity contribution in [2.45, 2.75) is 20.4 Å². The molecule has 3 aromatic rings. The fraction of sp³-hybridized carbons (Fsp3) is 0.192. The molecule has 3 rings (SSSR count). The maximum atomic E-state index is 9.01. The van der Waals surface area contributed by atoms with Crippen LogP contribution in [0.3, 0.4) is 0 Å². The quantitative estimate of drug-likeness (QED) is 0.366. The second-order valence-electron chi connectivity index (χ2n) is 7.83. The normalized spacial score (nSPS) is 10.5. The highest BCUT2D eigenvalue weighted by Crippen LogP contribution is 2.27. The van der Waals surface area contributed by atoms with Gasteiger partial charge in [0.2, 0.25) is 5.95 Å². The topological polar surface area (TPSA) is 124 Å². The van der Waals surface area contributed by atoms with Crippen LogP contribution < -0.4 is 10.6 Å². The summed E-state index contributed by atoms with van der Waals surface area (Å²) in [6.45, 7) is 4.75. The van der Waals surface area contributed by atoms with E-state index in [0.29, 0.717) is 23.9 Å². The van der Waals surface area contributed by atoms with Gasteiger partial charge in [0.1, 0.15) is 5.82 Å². The SMILES string of the molecule is Cc1cc(/C=C/C#N)cc(C)c1Nc1cc(CN(C)CC#N)nc(Nc2ccc(C#N)cc2)n1. The van der Waals surface area contributed by atoms with E-state index in [4.69, 9.17) is 15.8 Å². The van der Waals surface area contributed by atoms with Crippen molar-refractivity contribution in [1.29, 1.82) is 15.8 Å². The number of aryl methyl sites for hydroxylation is 2. The molecule has 1 heterocycles. The fourth-order valence-electron chi connectivity index (χ4n) is 3.46. The molecule has 0 unspecified atom stereocenters. The van der Waals surface area contributed by atoms with E-state index in [2.05, 4.69) is 32.7 Å². The van der Waals surface area contributed by atoms with E-state index < -0.39 is 0 Å². The summed E-state index contributed by atoms with van der Waals surface area (Å²) in [4.78, 5) is 11.1. The molecule has 0 radical (unpaired) electrons. The lowest BCUT2D eigenvalue weighted by atomic mass is 10.0.